The van der Waals surface area contributed by atoms with Crippen molar-refractivity contribution in [3.8, 4) is 0 Å². The van der Waals surface area contributed by atoms with Crippen molar-refractivity contribution < 1.29 is 4.79 Å². The molecule has 2 heterocycles. The molecule has 0 radical (unpaired) electrons. The number of rotatable bonds is 6. The number of carbonyl (C=O) groups excluding carboxylic acids is 1. The highest BCUT2D eigenvalue weighted by atomic mass is 16.2. The summed E-state index contributed by atoms with van der Waals surface area (Å²) in [6.45, 7) is 1.55. The van der Waals surface area contributed by atoms with Crippen LogP contribution in [0.25, 0.3) is 0 Å². The van der Waals surface area contributed by atoms with Crippen molar-refractivity contribution in [3.63, 3.8) is 0 Å². The van der Waals surface area contributed by atoms with Crippen LogP contribution in [0.1, 0.15) is 35.8 Å². The van der Waals surface area contributed by atoms with Crippen molar-refractivity contribution in [1.29, 1.82) is 0 Å². The summed E-state index contributed by atoms with van der Waals surface area (Å²) >= 11 is 0. The number of anilines is 1. The van der Waals surface area contributed by atoms with Crippen LogP contribution in [0.5, 0.6) is 0 Å². The molecule has 5 nitrogen and oxygen atoms in total. The van der Waals surface area contributed by atoms with Gasteiger partial charge in [0.15, 0.2) is 0 Å². The fourth-order valence-electron chi connectivity index (χ4n) is 3.51. The van der Waals surface area contributed by atoms with Gasteiger partial charge in [-0.2, -0.15) is 5.10 Å². The van der Waals surface area contributed by atoms with Gasteiger partial charge in [-0.25, -0.2) is 0 Å². The molecule has 5 heteroatoms. The van der Waals surface area contributed by atoms with Gasteiger partial charge in [-0.3, -0.25) is 14.8 Å². The SMILES string of the molecule is O=C(Nc1ccccc1)C(NCc1cc2n(n1)CCCC2)c1ccccc1. The Balaban J connectivity index is 1.49. The zero-order valence-corrected chi connectivity index (χ0v) is 15.3. The van der Waals surface area contributed by atoms with Crippen molar-refractivity contribution in [2.75, 3.05) is 5.32 Å². The maximum absolute atomic E-state index is 12.9. The van der Waals surface area contributed by atoms with E-state index in [0.29, 0.717) is 6.54 Å². The zero-order valence-electron chi connectivity index (χ0n) is 15.3. The molecule has 1 aliphatic heterocycles. The summed E-state index contributed by atoms with van der Waals surface area (Å²) in [6, 6.07) is 21.1. The van der Waals surface area contributed by atoms with Crippen LogP contribution in [0.15, 0.2) is 66.7 Å². The number of hydrogen-bond donors (Lipinski definition) is 2. The summed E-state index contributed by atoms with van der Waals surface area (Å²) in [4.78, 5) is 12.9. The third-order valence-corrected chi connectivity index (χ3v) is 4.89. The molecule has 0 aliphatic carbocycles. The van der Waals surface area contributed by atoms with Gasteiger partial charge in [0, 0.05) is 24.5 Å². The first-order valence-corrected chi connectivity index (χ1v) is 9.49. The largest absolute Gasteiger partial charge is 0.324 e. The van der Waals surface area contributed by atoms with E-state index in [-0.39, 0.29) is 5.91 Å². The van der Waals surface area contributed by atoms with Gasteiger partial charge in [-0.05, 0) is 43.0 Å². The van der Waals surface area contributed by atoms with Crippen LogP contribution < -0.4 is 10.6 Å². The molecule has 1 unspecified atom stereocenters. The molecule has 4 rings (SSSR count). The normalized spacial score (nSPS) is 14.4. The maximum atomic E-state index is 12.9. The van der Waals surface area contributed by atoms with Gasteiger partial charge in [-0.15, -0.1) is 0 Å². The number of nitrogens with zero attached hydrogens (tertiary/aromatic N) is 2. The van der Waals surface area contributed by atoms with Gasteiger partial charge in [-0.1, -0.05) is 48.5 Å². The highest BCUT2D eigenvalue weighted by Crippen LogP contribution is 2.19. The number of amides is 1. The third kappa shape index (κ3) is 4.26. The van der Waals surface area contributed by atoms with Gasteiger partial charge in [0.25, 0.3) is 0 Å². The van der Waals surface area contributed by atoms with Crippen LogP contribution in [0.4, 0.5) is 5.69 Å². The van der Waals surface area contributed by atoms with Crippen molar-refractivity contribution in [2.24, 2.45) is 0 Å². The summed E-state index contributed by atoms with van der Waals surface area (Å²) in [6.07, 6.45) is 3.50. The molecule has 2 N–H and O–H groups in total. The number of hydrogen-bond acceptors (Lipinski definition) is 3. The Morgan fingerprint density at radius 2 is 1.78 bits per heavy atom. The Morgan fingerprint density at radius 3 is 2.52 bits per heavy atom. The Morgan fingerprint density at radius 1 is 1.04 bits per heavy atom. The maximum Gasteiger partial charge on any atom is 0.246 e. The number of aromatic nitrogens is 2. The Hall–Kier alpha value is -2.92. The van der Waals surface area contributed by atoms with Crippen LogP contribution >= 0.6 is 0 Å². The smallest absolute Gasteiger partial charge is 0.246 e. The fourth-order valence-corrected chi connectivity index (χ4v) is 3.51. The molecule has 1 amide bonds. The quantitative estimate of drug-likeness (QED) is 0.705. The van der Waals surface area contributed by atoms with Crippen molar-refractivity contribution >= 4 is 11.6 Å². The first kappa shape index (κ1) is 17.5. The van der Waals surface area contributed by atoms with Gasteiger partial charge < -0.3 is 5.32 Å². The van der Waals surface area contributed by atoms with Gasteiger partial charge in [0.1, 0.15) is 6.04 Å². The molecule has 1 atom stereocenters. The molecule has 1 aromatic heterocycles. The molecular formula is C22H24N4O. The molecule has 1 aliphatic rings. The van der Waals surface area contributed by atoms with Crippen LogP contribution in [0.3, 0.4) is 0 Å². The Kier molecular flexibility index (Phi) is 5.30. The lowest BCUT2D eigenvalue weighted by Crippen LogP contribution is -2.32. The Labute approximate surface area is 159 Å². The number of nitrogens with one attached hydrogen (secondary N) is 2. The topological polar surface area (TPSA) is 59.0 Å². The first-order chi connectivity index (χ1) is 13.3. The summed E-state index contributed by atoms with van der Waals surface area (Å²) in [7, 11) is 0. The predicted octanol–water partition coefficient (Wildman–Crippen LogP) is 3.69. The monoisotopic (exact) mass is 360 g/mol. The molecule has 0 bridgehead atoms. The van der Waals surface area contributed by atoms with E-state index in [1.807, 2.05) is 60.7 Å². The van der Waals surface area contributed by atoms with E-state index in [1.54, 1.807) is 0 Å². The number of carbonyl (C=O) groups is 1. The van der Waals surface area contributed by atoms with Crippen LogP contribution in [0, 0.1) is 0 Å². The van der Waals surface area contributed by atoms with Crippen LogP contribution in [-0.2, 0) is 24.3 Å². The van der Waals surface area contributed by atoms with E-state index in [1.165, 1.54) is 18.5 Å². The lowest BCUT2D eigenvalue weighted by atomic mass is 10.1. The summed E-state index contributed by atoms with van der Waals surface area (Å²) in [5.74, 6) is -0.0728. The van der Waals surface area contributed by atoms with Crippen LogP contribution in [0.2, 0.25) is 0 Å². The molecule has 27 heavy (non-hydrogen) atoms. The van der Waals surface area contributed by atoms with Crippen molar-refractivity contribution in [1.82, 2.24) is 15.1 Å². The summed E-state index contributed by atoms with van der Waals surface area (Å²) in [5, 5.41) is 11.1. The average Bonchev–Trinajstić information content (AvgIpc) is 3.13. The van der Waals surface area contributed by atoms with Crippen molar-refractivity contribution in [3.05, 3.63) is 83.7 Å². The molecule has 0 fully saturated rings. The van der Waals surface area contributed by atoms with E-state index in [4.69, 9.17) is 0 Å². The second-order valence-corrected chi connectivity index (χ2v) is 6.89. The molecule has 0 saturated heterocycles. The van der Waals surface area contributed by atoms with E-state index in [9.17, 15) is 4.79 Å². The molecular weight excluding hydrogens is 336 g/mol. The first-order valence-electron chi connectivity index (χ1n) is 9.49. The van der Waals surface area contributed by atoms with E-state index in [2.05, 4.69) is 26.5 Å². The van der Waals surface area contributed by atoms with E-state index in [0.717, 1.165) is 29.9 Å². The van der Waals surface area contributed by atoms with E-state index < -0.39 is 6.04 Å². The molecule has 2 aromatic carbocycles. The number of benzene rings is 2. The molecule has 3 aromatic rings. The Bertz CT molecular complexity index is 866. The molecule has 0 saturated carbocycles. The van der Waals surface area contributed by atoms with Crippen molar-refractivity contribution in [2.45, 2.75) is 38.4 Å². The zero-order chi connectivity index (χ0) is 18.5. The molecule has 138 valence electrons. The number of fused-ring (bicyclic) bond motifs is 1. The number of aryl methyl sites for hydroxylation is 2. The standard InChI is InChI=1S/C22H24N4O/c27-22(24-18-11-5-2-6-12-18)21(17-9-3-1-4-10-17)23-16-19-15-20-13-7-8-14-26(20)25-19/h1-6,9-12,15,21,23H,7-8,13-14,16H2,(H,24,27). The van der Waals surface area contributed by atoms with Gasteiger partial charge >= 0.3 is 0 Å². The minimum Gasteiger partial charge on any atom is -0.324 e. The predicted molar refractivity (Wildman–Crippen MR) is 106 cm³/mol. The fraction of sp³-hybridized carbons (Fsp3) is 0.273. The second kappa shape index (κ2) is 8.18. The van der Waals surface area contributed by atoms with Gasteiger partial charge in [0.05, 0.1) is 5.69 Å². The minimum absolute atomic E-state index is 0.0728. The summed E-state index contributed by atoms with van der Waals surface area (Å²) in [5.41, 5.74) is 4.01. The highest BCUT2D eigenvalue weighted by molar-refractivity contribution is 5.95. The van der Waals surface area contributed by atoms with Gasteiger partial charge in [0.2, 0.25) is 5.91 Å². The summed E-state index contributed by atoms with van der Waals surface area (Å²) < 4.78 is 2.10. The van der Waals surface area contributed by atoms with E-state index >= 15 is 0 Å². The second-order valence-electron chi connectivity index (χ2n) is 6.89. The van der Waals surface area contributed by atoms with Crippen LogP contribution in [-0.4, -0.2) is 15.7 Å². The third-order valence-electron chi connectivity index (χ3n) is 4.89. The number of para-hydroxylation sites is 1. The molecule has 0 spiro atoms. The minimum atomic E-state index is -0.440. The highest BCUT2D eigenvalue weighted by Gasteiger charge is 2.21. The average molecular weight is 360 g/mol. The lowest BCUT2D eigenvalue weighted by molar-refractivity contribution is -0.118. The lowest BCUT2D eigenvalue weighted by Gasteiger charge is -2.18.